The van der Waals surface area contributed by atoms with Crippen LogP contribution in [-0.4, -0.2) is 4.92 Å². The second-order valence-corrected chi connectivity index (χ2v) is 5.32. The summed E-state index contributed by atoms with van der Waals surface area (Å²) in [4.78, 5) is 10.4. The molecule has 4 nitrogen and oxygen atoms in total. The van der Waals surface area contributed by atoms with Crippen LogP contribution in [0.2, 0.25) is 0 Å². The van der Waals surface area contributed by atoms with Gasteiger partial charge in [0.2, 0.25) is 0 Å². The Bertz CT molecular complexity index is 695. The van der Waals surface area contributed by atoms with E-state index in [1.54, 1.807) is 19.1 Å². The van der Waals surface area contributed by atoms with Gasteiger partial charge in [0.1, 0.15) is 0 Å². The number of nitro benzene ring substituents is 1. The van der Waals surface area contributed by atoms with Crippen LogP contribution in [0, 0.1) is 21.7 Å². The molecule has 0 aromatic heterocycles. The zero-order valence-electron chi connectivity index (χ0n) is 10.9. The molecule has 110 valence electrons. The maximum atomic E-state index is 13.2. The number of nitrogens with one attached hydrogen (secondary N) is 1. The number of halogens is 3. The summed E-state index contributed by atoms with van der Waals surface area (Å²) >= 11 is 3.10. The molecule has 1 N–H and O–H groups in total. The number of rotatable bonds is 4. The van der Waals surface area contributed by atoms with E-state index in [2.05, 4.69) is 21.2 Å². The third kappa shape index (κ3) is 3.55. The maximum absolute atomic E-state index is 13.2. The average molecular weight is 357 g/mol. The van der Waals surface area contributed by atoms with E-state index >= 15 is 0 Å². The number of anilines is 1. The molecule has 0 amide bonds. The smallest absolute Gasteiger partial charge is 0.285 e. The first-order valence-corrected chi connectivity index (χ1v) is 6.83. The van der Waals surface area contributed by atoms with Gasteiger partial charge >= 0.3 is 0 Å². The zero-order chi connectivity index (χ0) is 15.6. The summed E-state index contributed by atoms with van der Waals surface area (Å²) < 4.78 is 26.5. The van der Waals surface area contributed by atoms with E-state index in [-0.39, 0.29) is 11.7 Å². The van der Waals surface area contributed by atoms with Crippen molar-refractivity contribution in [2.45, 2.75) is 13.0 Å². The van der Waals surface area contributed by atoms with Crippen molar-refractivity contribution in [1.82, 2.24) is 0 Å². The molecule has 2 aromatic carbocycles. The van der Waals surface area contributed by atoms with Crippen LogP contribution in [0.1, 0.15) is 18.5 Å². The molecule has 7 heteroatoms. The number of nitrogens with zero attached hydrogens (tertiary/aromatic N) is 1. The Labute approximate surface area is 128 Å². The molecule has 0 saturated carbocycles. The Morgan fingerprint density at radius 1 is 1.19 bits per heavy atom. The van der Waals surface area contributed by atoms with Crippen LogP contribution in [-0.2, 0) is 0 Å². The monoisotopic (exact) mass is 356 g/mol. The summed E-state index contributed by atoms with van der Waals surface area (Å²) in [6.45, 7) is 1.75. The van der Waals surface area contributed by atoms with Crippen LogP contribution in [0.15, 0.2) is 40.9 Å². The highest BCUT2D eigenvalue weighted by atomic mass is 79.9. The molecule has 21 heavy (non-hydrogen) atoms. The minimum atomic E-state index is -0.928. The van der Waals surface area contributed by atoms with E-state index in [1.165, 1.54) is 12.1 Å². The van der Waals surface area contributed by atoms with Crippen LogP contribution in [0.4, 0.5) is 20.2 Å². The average Bonchev–Trinajstić information content (AvgIpc) is 2.43. The van der Waals surface area contributed by atoms with Gasteiger partial charge in [-0.1, -0.05) is 6.07 Å². The minimum absolute atomic E-state index is 0.0718. The maximum Gasteiger partial charge on any atom is 0.285 e. The van der Waals surface area contributed by atoms with Crippen molar-refractivity contribution >= 4 is 27.3 Å². The van der Waals surface area contributed by atoms with Gasteiger partial charge in [-0.05, 0) is 52.7 Å². The molecular formula is C14H11BrF2N2O2. The van der Waals surface area contributed by atoms with Gasteiger partial charge in [0.05, 0.1) is 9.40 Å². The second kappa shape index (κ2) is 6.17. The highest BCUT2D eigenvalue weighted by Crippen LogP contribution is 2.29. The molecule has 1 unspecified atom stereocenters. The van der Waals surface area contributed by atoms with Crippen LogP contribution in [0.3, 0.4) is 0 Å². The van der Waals surface area contributed by atoms with Gasteiger partial charge in [-0.2, -0.15) is 0 Å². The van der Waals surface area contributed by atoms with Gasteiger partial charge in [0, 0.05) is 17.8 Å². The molecular weight excluding hydrogens is 346 g/mol. The Morgan fingerprint density at radius 2 is 1.90 bits per heavy atom. The van der Waals surface area contributed by atoms with Crippen LogP contribution >= 0.6 is 15.9 Å². The van der Waals surface area contributed by atoms with Crippen molar-refractivity contribution in [2.24, 2.45) is 0 Å². The van der Waals surface area contributed by atoms with E-state index in [0.29, 0.717) is 15.7 Å². The first kappa shape index (κ1) is 15.4. The molecule has 0 heterocycles. The van der Waals surface area contributed by atoms with Crippen LogP contribution < -0.4 is 5.32 Å². The van der Waals surface area contributed by atoms with Gasteiger partial charge in [-0.3, -0.25) is 10.1 Å². The molecule has 2 rings (SSSR count). The summed E-state index contributed by atoms with van der Waals surface area (Å²) in [7, 11) is 0. The van der Waals surface area contributed by atoms with E-state index in [4.69, 9.17) is 0 Å². The summed E-state index contributed by atoms with van der Waals surface area (Å²) in [5.74, 6) is -1.84. The fraction of sp³-hybridized carbons (Fsp3) is 0.143. The standard InChI is InChI=1S/C14H11BrF2N2O2/c1-8(9-2-5-12(16)13(17)6-9)18-10-3-4-11(15)14(7-10)19(20)21/h2-8,18H,1H3. The third-order valence-corrected chi connectivity index (χ3v) is 3.64. The Kier molecular flexibility index (Phi) is 4.52. The van der Waals surface area contributed by atoms with E-state index in [0.717, 1.165) is 12.1 Å². The van der Waals surface area contributed by atoms with Gasteiger partial charge in [-0.15, -0.1) is 0 Å². The zero-order valence-corrected chi connectivity index (χ0v) is 12.5. The first-order valence-electron chi connectivity index (χ1n) is 6.04. The fourth-order valence-electron chi connectivity index (χ4n) is 1.86. The molecule has 0 aliphatic carbocycles. The highest BCUT2D eigenvalue weighted by Gasteiger charge is 2.14. The van der Waals surface area contributed by atoms with Crippen molar-refractivity contribution in [1.29, 1.82) is 0 Å². The summed E-state index contributed by atoms with van der Waals surface area (Å²) in [5.41, 5.74) is 0.985. The third-order valence-electron chi connectivity index (χ3n) is 2.97. The van der Waals surface area contributed by atoms with Crippen LogP contribution in [0.5, 0.6) is 0 Å². The highest BCUT2D eigenvalue weighted by molar-refractivity contribution is 9.10. The van der Waals surface area contributed by atoms with Crippen molar-refractivity contribution < 1.29 is 13.7 Å². The molecule has 0 radical (unpaired) electrons. The fourth-order valence-corrected chi connectivity index (χ4v) is 2.25. The van der Waals surface area contributed by atoms with E-state index < -0.39 is 16.6 Å². The minimum Gasteiger partial charge on any atom is -0.378 e. The number of hydrogen-bond acceptors (Lipinski definition) is 3. The molecule has 2 aromatic rings. The SMILES string of the molecule is CC(Nc1ccc(Br)c([N+](=O)[O-])c1)c1ccc(F)c(F)c1. The summed E-state index contributed by atoms with van der Waals surface area (Å²) in [6, 6.07) is 7.86. The molecule has 0 saturated heterocycles. The molecule has 0 aliphatic heterocycles. The van der Waals surface area contributed by atoms with Crippen molar-refractivity contribution in [3.8, 4) is 0 Å². The quantitative estimate of drug-likeness (QED) is 0.631. The Hall–Kier alpha value is -2.02. The molecule has 0 spiro atoms. The molecule has 0 aliphatic rings. The van der Waals surface area contributed by atoms with E-state index in [9.17, 15) is 18.9 Å². The van der Waals surface area contributed by atoms with Crippen molar-refractivity contribution in [2.75, 3.05) is 5.32 Å². The lowest BCUT2D eigenvalue weighted by Crippen LogP contribution is -2.07. The van der Waals surface area contributed by atoms with Gasteiger partial charge < -0.3 is 5.32 Å². The van der Waals surface area contributed by atoms with Gasteiger partial charge in [0.25, 0.3) is 5.69 Å². The number of nitro groups is 1. The second-order valence-electron chi connectivity index (χ2n) is 4.46. The lowest BCUT2D eigenvalue weighted by Gasteiger charge is -2.16. The summed E-state index contributed by atoms with van der Waals surface area (Å²) in [5, 5.41) is 13.9. The Morgan fingerprint density at radius 3 is 2.52 bits per heavy atom. The van der Waals surface area contributed by atoms with Crippen molar-refractivity contribution in [3.63, 3.8) is 0 Å². The first-order chi connectivity index (χ1) is 9.88. The van der Waals surface area contributed by atoms with Gasteiger partial charge in [-0.25, -0.2) is 8.78 Å². The van der Waals surface area contributed by atoms with Crippen molar-refractivity contribution in [3.05, 3.63) is 68.2 Å². The molecule has 0 fully saturated rings. The number of benzene rings is 2. The molecule has 0 bridgehead atoms. The lowest BCUT2D eigenvalue weighted by atomic mass is 10.1. The number of hydrogen-bond donors (Lipinski definition) is 1. The van der Waals surface area contributed by atoms with E-state index in [1.807, 2.05) is 0 Å². The molecule has 1 atom stereocenters. The van der Waals surface area contributed by atoms with Crippen LogP contribution in [0.25, 0.3) is 0 Å². The van der Waals surface area contributed by atoms with Gasteiger partial charge in [0.15, 0.2) is 11.6 Å². The Balaban J connectivity index is 2.23. The predicted molar refractivity (Wildman–Crippen MR) is 79.2 cm³/mol. The predicted octanol–water partition coefficient (Wildman–Crippen LogP) is 4.81. The normalized spacial score (nSPS) is 12.0. The summed E-state index contributed by atoms with van der Waals surface area (Å²) in [6.07, 6.45) is 0. The largest absolute Gasteiger partial charge is 0.378 e. The lowest BCUT2D eigenvalue weighted by molar-refractivity contribution is -0.385. The topological polar surface area (TPSA) is 55.2 Å².